The highest BCUT2D eigenvalue weighted by molar-refractivity contribution is 6.01. The molecule has 0 saturated heterocycles. The van der Waals surface area contributed by atoms with Crippen LogP contribution in [-0.4, -0.2) is 0 Å². The van der Waals surface area contributed by atoms with Crippen LogP contribution in [-0.2, 0) is 0 Å². The first-order valence-corrected chi connectivity index (χ1v) is 9.41. The van der Waals surface area contributed by atoms with Crippen LogP contribution in [0.4, 0.5) is 0 Å². The van der Waals surface area contributed by atoms with Crippen molar-refractivity contribution in [3.63, 3.8) is 0 Å². The highest BCUT2D eigenvalue weighted by Crippen LogP contribution is 2.28. The number of aryl methyl sites for hydroxylation is 1. The van der Waals surface area contributed by atoms with Gasteiger partial charge in [0.1, 0.15) is 0 Å². The van der Waals surface area contributed by atoms with E-state index in [1.807, 2.05) is 0 Å². The normalized spacial score (nSPS) is 13.0. The standard InChI is InChI=1S/C26H24/c1-4-10-23-18(3)24-13-8-9-14-25(24)26(22(23)5-2)21-16-15-19-11-6-7-12-20(19)17-21/h5-17H,4H2,1-3H3/b22-5+,23-10-. The maximum atomic E-state index is 2.36. The Kier molecular flexibility index (Phi) is 4.34. The molecule has 0 spiro atoms. The van der Waals surface area contributed by atoms with E-state index in [9.17, 15) is 0 Å². The second-order valence-corrected chi connectivity index (χ2v) is 6.84. The van der Waals surface area contributed by atoms with Gasteiger partial charge in [0.05, 0.1) is 0 Å². The lowest BCUT2D eigenvalue weighted by Gasteiger charge is -2.14. The van der Waals surface area contributed by atoms with Crippen molar-refractivity contribution < 1.29 is 0 Å². The Labute approximate surface area is 155 Å². The van der Waals surface area contributed by atoms with Gasteiger partial charge in [-0.2, -0.15) is 0 Å². The van der Waals surface area contributed by atoms with Gasteiger partial charge in [0, 0.05) is 0 Å². The Balaban J connectivity index is 2.20. The molecule has 0 saturated carbocycles. The lowest BCUT2D eigenvalue weighted by molar-refractivity contribution is 1.27. The summed E-state index contributed by atoms with van der Waals surface area (Å²) < 4.78 is 0. The third kappa shape index (κ3) is 2.63. The Bertz CT molecular complexity index is 1230. The van der Waals surface area contributed by atoms with Crippen LogP contribution in [0.25, 0.3) is 44.8 Å². The summed E-state index contributed by atoms with van der Waals surface area (Å²) in [7, 11) is 0. The highest BCUT2D eigenvalue weighted by atomic mass is 14.1. The zero-order valence-electron chi connectivity index (χ0n) is 15.7. The van der Waals surface area contributed by atoms with Crippen molar-refractivity contribution >= 4 is 33.7 Å². The Morgan fingerprint density at radius 1 is 0.769 bits per heavy atom. The van der Waals surface area contributed by atoms with E-state index in [1.165, 1.54) is 48.7 Å². The first-order valence-electron chi connectivity index (χ1n) is 9.41. The smallest absolute Gasteiger partial charge is 0.00298 e. The number of benzene rings is 4. The molecule has 0 aliphatic heterocycles. The van der Waals surface area contributed by atoms with E-state index >= 15 is 0 Å². The van der Waals surface area contributed by atoms with E-state index in [-0.39, 0.29) is 0 Å². The van der Waals surface area contributed by atoms with Crippen LogP contribution in [0.3, 0.4) is 0 Å². The van der Waals surface area contributed by atoms with Gasteiger partial charge in [-0.15, -0.1) is 0 Å². The molecule has 0 aliphatic rings. The van der Waals surface area contributed by atoms with E-state index in [4.69, 9.17) is 0 Å². The lowest BCUT2D eigenvalue weighted by atomic mass is 9.90. The predicted octanol–water partition coefficient (Wildman–Crippen LogP) is 5.96. The van der Waals surface area contributed by atoms with Gasteiger partial charge < -0.3 is 0 Å². The van der Waals surface area contributed by atoms with Crippen LogP contribution >= 0.6 is 0 Å². The average molecular weight is 336 g/mol. The van der Waals surface area contributed by atoms with Gasteiger partial charge in [0.2, 0.25) is 0 Å². The van der Waals surface area contributed by atoms with Gasteiger partial charge in [0.25, 0.3) is 0 Å². The van der Waals surface area contributed by atoms with Crippen LogP contribution in [0.5, 0.6) is 0 Å². The van der Waals surface area contributed by atoms with Crippen molar-refractivity contribution in [2.45, 2.75) is 27.2 Å². The zero-order valence-corrected chi connectivity index (χ0v) is 15.7. The van der Waals surface area contributed by atoms with Crippen LogP contribution in [0, 0.1) is 6.92 Å². The molecule has 0 aromatic heterocycles. The maximum Gasteiger partial charge on any atom is -0.00298 e. The quantitative estimate of drug-likeness (QED) is 0.424. The minimum absolute atomic E-state index is 1.04. The first kappa shape index (κ1) is 16.6. The molecule has 0 unspecified atom stereocenters. The molecule has 4 aromatic rings. The van der Waals surface area contributed by atoms with Crippen molar-refractivity contribution in [1.82, 2.24) is 0 Å². The van der Waals surface area contributed by atoms with E-state index < -0.39 is 0 Å². The minimum Gasteiger partial charge on any atom is -0.0791 e. The summed E-state index contributed by atoms with van der Waals surface area (Å²) in [4.78, 5) is 0. The summed E-state index contributed by atoms with van der Waals surface area (Å²) in [5.41, 5.74) is 4.01. The number of fused-ring (bicyclic) bond motifs is 2. The molecule has 0 nitrogen and oxygen atoms in total. The molecule has 0 atom stereocenters. The molecule has 0 amide bonds. The van der Waals surface area contributed by atoms with Gasteiger partial charge in [-0.25, -0.2) is 0 Å². The third-order valence-electron chi connectivity index (χ3n) is 5.30. The largest absolute Gasteiger partial charge is 0.0791 e. The SMILES string of the molecule is C/C=c1/c(-c2ccc3ccccc3c2)c2ccccc2c(C)/c1=C/CC. The van der Waals surface area contributed by atoms with Crippen molar-refractivity contribution in [2.75, 3.05) is 0 Å². The molecule has 0 radical (unpaired) electrons. The number of rotatable bonds is 2. The molecule has 0 heterocycles. The van der Waals surface area contributed by atoms with Crippen molar-refractivity contribution in [3.05, 3.63) is 82.7 Å². The first-order chi connectivity index (χ1) is 12.7. The monoisotopic (exact) mass is 336 g/mol. The van der Waals surface area contributed by atoms with E-state index in [0.717, 1.165) is 6.42 Å². The van der Waals surface area contributed by atoms with Crippen LogP contribution in [0.2, 0.25) is 0 Å². The topological polar surface area (TPSA) is 0 Å². The van der Waals surface area contributed by atoms with Gasteiger partial charge in [0.15, 0.2) is 0 Å². The van der Waals surface area contributed by atoms with Crippen molar-refractivity contribution in [2.24, 2.45) is 0 Å². The number of hydrogen-bond donors (Lipinski definition) is 0. The molecule has 128 valence electrons. The fourth-order valence-corrected chi connectivity index (χ4v) is 4.08. The van der Waals surface area contributed by atoms with Crippen molar-refractivity contribution in [3.8, 4) is 11.1 Å². The van der Waals surface area contributed by atoms with Gasteiger partial charge in [-0.3, -0.25) is 0 Å². The summed E-state index contributed by atoms with van der Waals surface area (Å²) >= 11 is 0. The Hall–Kier alpha value is -2.86. The lowest BCUT2D eigenvalue weighted by Crippen LogP contribution is -2.30. The van der Waals surface area contributed by atoms with Crippen LogP contribution < -0.4 is 10.4 Å². The predicted molar refractivity (Wildman–Crippen MR) is 116 cm³/mol. The summed E-state index contributed by atoms with van der Waals surface area (Å²) in [5, 5.41) is 7.98. The van der Waals surface area contributed by atoms with Gasteiger partial charge in [-0.1, -0.05) is 79.7 Å². The molecular formula is C26H24. The number of hydrogen-bond acceptors (Lipinski definition) is 0. The van der Waals surface area contributed by atoms with E-state index in [2.05, 4.69) is 99.7 Å². The summed E-state index contributed by atoms with van der Waals surface area (Å²) in [6, 6.07) is 24.2. The molecular weight excluding hydrogens is 312 g/mol. The average Bonchev–Trinajstić information content (AvgIpc) is 2.69. The summed E-state index contributed by atoms with van der Waals surface area (Å²) in [6.07, 6.45) is 5.67. The van der Waals surface area contributed by atoms with Gasteiger partial charge >= 0.3 is 0 Å². The molecule has 4 rings (SSSR count). The van der Waals surface area contributed by atoms with E-state index in [0.29, 0.717) is 0 Å². The fraction of sp³-hybridized carbons (Fsp3) is 0.154. The highest BCUT2D eigenvalue weighted by Gasteiger charge is 2.10. The van der Waals surface area contributed by atoms with E-state index in [1.54, 1.807) is 0 Å². The van der Waals surface area contributed by atoms with Crippen LogP contribution in [0.1, 0.15) is 25.8 Å². The Morgan fingerprint density at radius 2 is 1.46 bits per heavy atom. The molecule has 26 heavy (non-hydrogen) atoms. The molecule has 4 aromatic carbocycles. The molecule has 0 aliphatic carbocycles. The fourth-order valence-electron chi connectivity index (χ4n) is 4.08. The van der Waals surface area contributed by atoms with Crippen LogP contribution in [0.15, 0.2) is 66.7 Å². The zero-order chi connectivity index (χ0) is 18.1. The maximum absolute atomic E-state index is 2.36. The molecule has 0 N–H and O–H groups in total. The molecule has 0 fully saturated rings. The van der Waals surface area contributed by atoms with Crippen molar-refractivity contribution in [1.29, 1.82) is 0 Å². The Morgan fingerprint density at radius 3 is 2.19 bits per heavy atom. The third-order valence-corrected chi connectivity index (χ3v) is 5.30. The van der Waals surface area contributed by atoms with Gasteiger partial charge in [-0.05, 0) is 75.0 Å². The minimum atomic E-state index is 1.04. The second kappa shape index (κ2) is 6.80. The molecule has 0 bridgehead atoms. The summed E-state index contributed by atoms with van der Waals surface area (Å²) in [6.45, 7) is 6.62. The summed E-state index contributed by atoms with van der Waals surface area (Å²) in [5.74, 6) is 0. The second-order valence-electron chi connectivity index (χ2n) is 6.84. The molecule has 0 heteroatoms.